The van der Waals surface area contributed by atoms with Crippen LogP contribution in [0.4, 0.5) is 17.1 Å². The molecule has 0 fully saturated rings. The number of hydrogen-bond acceptors (Lipinski definition) is 3. The Labute approximate surface area is 423 Å². The maximum absolute atomic E-state index is 7.64. The Kier molecular flexibility index (Phi) is 8.92. The molecule has 0 N–H and O–H groups in total. The zero-order chi connectivity index (χ0) is 48.4. The number of nitrogens with zero attached hydrogens (tertiary/aromatic N) is 1. The third kappa shape index (κ3) is 5.88. The number of rotatable bonds is 7. The van der Waals surface area contributed by atoms with Gasteiger partial charge in [-0.05, 0) is 109 Å². The average molecular weight is 934 g/mol. The standard InChI is InChI=1S/C70H47NO2/c1-69(2)57-32-16-12-28-50(57)52-39-37-45(41-59(52)69)65-66-55-30-15-19-36-63(55)72-64(66)43-56-54-31-20-35-62(67(54)73-68(56)65)71(61-34-18-14-27-49(61)44-21-6-3-7-22-44)48-38-40-53-51-29-13-17-33-58(51)70(60(53)42-48,46-23-8-4-9-24-46)47-25-10-5-11-26-47/h3-43H,1-2H3. The van der Waals surface area contributed by atoms with Crippen LogP contribution in [0.25, 0.3) is 88.4 Å². The molecule has 2 aliphatic rings. The van der Waals surface area contributed by atoms with Crippen molar-refractivity contribution in [1.29, 1.82) is 0 Å². The van der Waals surface area contributed by atoms with Crippen molar-refractivity contribution in [2.24, 2.45) is 0 Å². The van der Waals surface area contributed by atoms with Crippen molar-refractivity contribution in [3.05, 3.63) is 282 Å². The van der Waals surface area contributed by atoms with E-state index in [4.69, 9.17) is 8.83 Å². The molecule has 0 aliphatic heterocycles. The summed E-state index contributed by atoms with van der Waals surface area (Å²) in [6.07, 6.45) is 0. The molecule has 0 amide bonds. The molecule has 11 aromatic carbocycles. The lowest BCUT2D eigenvalue weighted by atomic mass is 9.67. The van der Waals surface area contributed by atoms with E-state index in [1.54, 1.807) is 0 Å². The molecule has 0 radical (unpaired) electrons. The molecule has 0 unspecified atom stereocenters. The zero-order valence-electron chi connectivity index (χ0n) is 40.4. The van der Waals surface area contributed by atoms with Crippen LogP contribution < -0.4 is 4.90 Å². The van der Waals surface area contributed by atoms with Crippen molar-refractivity contribution in [1.82, 2.24) is 0 Å². The van der Waals surface area contributed by atoms with Gasteiger partial charge in [-0.2, -0.15) is 0 Å². The number of anilines is 3. The summed E-state index contributed by atoms with van der Waals surface area (Å²) in [5.74, 6) is 0. The molecule has 15 rings (SSSR count). The van der Waals surface area contributed by atoms with E-state index in [0.29, 0.717) is 0 Å². The van der Waals surface area contributed by atoms with Crippen molar-refractivity contribution >= 4 is 60.9 Å². The van der Waals surface area contributed by atoms with Crippen molar-refractivity contribution in [2.75, 3.05) is 4.90 Å². The highest BCUT2D eigenvalue weighted by molar-refractivity contribution is 6.24. The molecule has 344 valence electrons. The minimum atomic E-state index is -0.585. The lowest BCUT2D eigenvalue weighted by Crippen LogP contribution is -2.28. The summed E-state index contributed by atoms with van der Waals surface area (Å²) in [5, 5.41) is 4.15. The fraction of sp³-hybridized carbons (Fsp3) is 0.0571. The number of fused-ring (bicyclic) bond motifs is 12. The van der Waals surface area contributed by atoms with Crippen molar-refractivity contribution < 1.29 is 8.83 Å². The number of para-hydroxylation sites is 3. The van der Waals surface area contributed by atoms with Gasteiger partial charge in [-0.25, -0.2) is 0 Å². The largest absolute Gasteiger partial charge is 0.456 e. The lowest BCUT2D eigenvalue weighted by molar-refractivity contribution is 0.660. The molecule has 0 spiro atoms. The Morgan fingerprint density at radius 2 is 0.918 bits per heavy atom. The molecule has 13 aromatic rings. The fourth-order valence-electron chi connectivity index (χ4n) is 12.9. The van der Waals surface area contributed by atoms with Gasteiger partial charge in [0.2, 0.25) is 0 Å². The topological polar surface area (TPSA) is 29.5 Å². The SMILES string of the molecule is CC1(C)c2ccccc2-c2ccc(-c3c4oc5c(N(c6ccc7c(c6)C(c6ccccc6)(c6ccccc6)c6ccccc6-7)c6ccccc6-c6ccccc6)cccc5c4cc4oc5ccccc5c34)cc21. The van der Waals surface area contributed by atoms with Gasteiger partial charge in [0.1, 0.15) is 16.7 Å². The predicted octanol–water partition coefficient (Wildman–Crippen LogP) is 19.0. The second-order valence-corrected chi connectivity index (χ2v) is 20.3. The van der Waals surface area contributed by atoms with E-state index in [2.05, 4.69) is 267 Å². The van der Waals surface area contributed by atoms with Crippen LogP contribution in [0.3, 0.4) is 0 Å². The number of hydrogen-bond donors (Lipinski definition) is 0. The summed E-state index contributed by atoms with van der Waals surface area (Å²) in [7, 11) is 0. The number of furan rings is 2. The van der Waals surface area contributed by atoms with Crippen molar-refractivity contribution in [2.45, 2.75) is 24.7 Å². The van der Waals surface area contributed by atoms with Gasteiger partial charge in [0, 0.05) is 43.8 Å². The van der Waals surface area contributed by atoms with E-state index in [9.17, 15) is 0 Å². The molecule has 73 heavy (non-hydrogen) atoms. The van der Waals surface area contributed by atoms with Crippen LogP contribution in [-0.4, -0.2) is 0 Å². The minimum Gasteiger partial charge on any atom is -0.456 e. The third-order valence-electron chi connectivity index (χ3n) is 16.2. The summed E-state index contributed by atoms with van der Waals surface area (Å²) in [6, 6.07) is 90.8. The molecule has 2 aliphatic carbocycles. The van der Waals surface area contributed by atoms with Gasteiger partial charge in [0.25, 0.3) is 0 Å². The van der Waals surface area contributed by atoms with E-state index < -0.39 is 5.41 Å². The summed E-state index contributed by atoms with van der Waals surface area (Å²) in [4.78, 5) is 2.44. The van der Waals surface area contributed by atoms with Crippen LogP contribution in [0.5, 0.6) is 0 Å². The van der Waals surface area contributed by atoms with Crippen LogP contribution >= 0.6 is 0 Å². The minimum absolute atomic E-state index is 0.184. The maximum atomic E-state index is 7.64. The van der Waals surface area contributed by atoms with Gasteiger partial charge >= 0.3 is 0 Å². The van der Waals surface area contributed by atoms with Gasteiger partial charge in [0.05, 0.1) is 16.8 Å². The first kappa shape index (κ1) is 41.6. The first-order chi connectivity index (χ1) is 36.0. The van der Waals surface area contributed by atoms with E-state index in [1.165, 1.54) is 55.6 Å². The monoisotopic (exact) mass is 933 g/mol. The highest BCUT2D eigenvalue weighted by Crippen LogP contribution is 2.58. The average Bonchev–Trinajstić information content (AvgIpc) is 4.18. The Balaban J connectivity index is 1.03. The maximum Gasteiger partial charge on any atom is 0.159 e. The second-order valence-electron chi connectivity index (χ2n) is 20.3. The molecular formula is C70H47NO2. The Bertz CT molecular complexity index is 4310. The summed E-state index contributed by atoms with van der Waals surface area (Å²) >= 11 is 0. The molecular weight excluding hydrogens is 887 g/mol. The summed E-state index contributed by atoms with van der Waals surface area (Å²) in [6.45, 7) is 4.70. The van der Waals surface area contributed by atoms with Crippen molar-refractivity contribution in [3.8, 4) is 44.5 Å². The quantitative estimate of drug-likeness (QED) is 0.159. The van der Waals surface area contributed by atoms with Crippen LogP contribution in [0.2, 0.25) is 0 Å². The summed E-state index contributed by atoms with van der Waals surface area (Å²) in [5.41, 5.74) is 22.6. The van der Waals surface area contributed by atoms with Crippen LogP contribution in [0.15, 0.2) is 258 Å². The smallest absolute Gasteiger partial charge is 0.159 e. The first-order valence-corrected chi connectivity index (χ1v) is 25.3. The molecule has 2 heterocycles. The molecule has 0 saturated carbocycles. The van der Waals surface area contributed by atoms with Gasteiger partial charge in [0.15, 0.2) is 5.58 Å². The molecule has 3 heteroatoms. The first-order valence-electron chi connectivity index (χ1n) is 25.3. The molecule has 3 nitrogen and oxygen atoms in total. The van der Waals surface area contributed by atoms with Crippen molar-refractivity contribution in [3.63, 3.8) is 0 Å². The lowest BCUT2D eigenvalue weighted by Gasteiger charge is -2.35. The van der Waals surface area contributed by atoms with Gasteiger partial charge in [-0.3, -0.25) is 0 Å². The molecule has 0 atom stereocenters. The predicted molar refractivity (Wildman–Crippen MR) is 301 cm³/mol. The van der Waals surface area contributed by atoms with E-state index in [0.717, 1.165) is 83.2 Å². The van der Waals surface area contributed by atoms with Gasteiger partial charge in [-0.1, -0.05) is 220 Å². The Hall–Kier alpha value is -9.18. The van der Waals surface area contributed by atoms with E-state index in [-0.39, 0.29) is 5.41 Å². The summed E-state index contributed by atoms with van der Waals surface area (Å²) < 4.78 is 14.5. The van der Waals surface area contributed by atoms with E-state index >= 15 is 0 Å². The Morgan fingerprint density at radius 3 is 1.68 bits per heavy atom. The normalized spacial score (nSPS) is 13.8. The fourth-order valence-corrected chi connectivity index (χ4v) is 12.9. The number of benzene rings is 11. The Morgan fingerprint density at radius 1 is 0.342 bits per heavy atom. The highest BCUT2D eigenvalue weighted by atomic mass is 16.3. The highest BCUT2D eigenvalue weighted by Gasteiger charge is 2.46. The zero-order valence-corrected chi connectivity index (χ0v) is 40.4. The van der Waals surface area contributed by atoms with Crippen LogP contribution in [0.1, 0.15) is 47.2 Å². The van der Waals surface area contributed by atoms with Gasteiger partial charge < -0.3 is 13.7 Å². The second kappa shape index (κ2) is 15.7. The van der Waals surface area contributed by atoms with Gasteiger partial charge in [-0.15, -0.1) is 0 Å². The van der Waals surface area contributed by atoms with Crippen LogP contribution in [-0.2, 0) is 10.8 Å². The molecule has 0 saturated heterocycles. The third-order valence-corrected chi connectivity index (χ3v) is 16.2. The molecule has 0 bridgehead atoms. The van der Waals surface area contributed by atoms with E-state index in [1.807, 2.05) is 0 Å². The van der Waals surface area contributed by atoms with Crippen LogP contribution in [0, 0.1) is 0 Å². The molecule has 2 aromatic heterocycles.